The van der Waals surface area contributed by atoms with Crippen LogP contribution in [-0.2, 0) is 11.2 Å². The zero-order valence-electron chi connectivity index (χ0n) is 14.9. The monoisotopic (exact) mass is 447 g/mol. The van der Waals surface area contributed by atoms with Gasteiger partial charge in [-0.25, -0.2) is 4.98 Å². The second-order valence-corrected chi connectivity index (χ2v) is 8.26. The molecule has 3 heterocycles. The fourth-order valence-electron chi connectivity index (χ4n) is 3.85. The predicted molar refractivity (Wildman–Crippen MR) is 116 cm³/mol. The molecular formula is C19H24Cl3N3OS. The molecule has 1 N–H and O–H groups in total. The number of carbonyl (C=O) groups is 1. The van der Waals surface area contributed by atoms with Crippen molar-refractivity contribution >= 4 is 53.7 Å². The number of nitrogens with zero attached hydrogens (tertiary/aromatic N) is 2. The third kappa shape index (κ3) is 5.36. The first-order valence-corrected chi connectivity index (χ1v) is 10.1. The minimum absolute atomic E-state index is 0. The molecule has 2 fully saturated rings. The normalized spacial score (nSPS) is 21.6. The van der Waals surface area contributed by atoms with Gasteiger partial charge in [-0.1, -0.05) is 23.7 Å². The van der Waals surface area contributed by atoms with E-state index >= 15 is 0 Å². The second kappa shape index (κ2) is 10.1. The molecule has 4 nitrogen and oxygen atoms in total. The molecule has 0 bridgehead atoms. The maximum absolute atomic E-state index is 12.7. The van der Waals surface area contributed by atoms with Crippen LogP contribution in [0.1, 0.15) is 18.5 Å². The molecule has 1 aromatic carbocycles. The lowest BCUT2D eigenvalue weighted by Crippen LogP contribution is -2.34. The summed E-state index contributed by atoms with van der Waals surface area (Å²) >= 11 is 7.52. The zero-order chi connectivity index (χ0) is 17.2. The van der Waals surface area contributed by atoms with Crippen LogP contribution in [0.2, 0.25) is 5.02 Å². The van der Waals surface area contributed by atoms with Crippen molar-refractivity contribution < 1.29 is 4.79 Å². The number of likely N-dealkylation sites (tertiary alicyclic amines) is 1. The number of benzene rings is 1. The lowest BCUT2D eigenvalue weighted by atomic mass is 9.92. The average molecular weight is 449 g/mol. The molecule has 0 aliphatic carbocycles. The van der Waals surface area contributed by atoms with Crippen LogP contribution in [0.4, 0.5) is 0 Å². The molecule has 2 atom stereocenters. The van der Waals surface area contributed by atoms with Gasteiger partial charge in [0.1, 0.15) is 5.01 Å². The van der Waals surface area contributed by atoms with Crippen molar-refractivity contribution in [3.05, 3.63) is 40.4 Å². The van der Waals surface area contributed by atoms with Crippen LogP contribution in [0.25, 0.3) is 10.6 Å². The lowest BCUT2D eigenvalue weighted by molar-refractivity contribution is -0.130. The number of thiazole rings is 1. The molecule has 0 spiro atoms. The summed E-state index contributed by atoms with van der Waals surface area (Å²) in [7, 11) is 0. The fraction of sp³-hybridized carbons (Fsp3) is 0.474. The first kappa shape index (κ1) is 22.4. The number of hydrogen-bond acceptors (Lipinski definition) is 4. The SMILES string of the molecule is Cl.Cl.O=C(Cc1csc(-c2ccc(Cl)cc2)n1)N1CC[C@@H]2CNC[C@@H]2CC1. The first-order chi connectivity index (χ1) is 12.2. The summed E-state index contributed by atoms with van der Waals surface area (Å²) in [6.45, 7) is 4.00. The van der Waals surface area contributed by atoms with Crippen LogP contribution in [0, 0.1) is 11.8 Å². The average Bonchev–Trinajstić information content (AvgIpc) is 3.21. The van der Waals surface area contributed by atoms with E-state index in [0.29, 0.717) is 6.42 Å². The smallest absolute Gasteiger partial charge is 0.228 e. The molecular weight excluding hydrogens is 425 g/mol. The van der Waals surface area contributed by atoms with Gasteiger partial charge < -0.3 is 10.2 Å². The molecule has 4 rings (SSSR count). The quantitative estimate of drug-likeness (QED) is 0.761. The summed E-state index contributed by atoms with van der Waals surface area (Å²) in [5.74, 6) is 1.70. The minimum Gasteiger partial charge on any atom is -0.342 e. The van der Waals surface area contributed by atoms with Gasteiger partial charge in [0.25, 0.3) is 0 Å². The van der Waals surface area contributed by atoms with Crippen molar-refractivity contribution in [3.8, 4) is 10.6 Å². The van der Waals surface area contributed by atoms with E-state index in [1.54, 1.807) is 11.3 Å². The molecule has 1 aromatic heterocycles. The summed E-state index contributed by atoms with van der Waals surface area (Å²) < 4.78 is 0. The molecule has 0 radical (unpaired) electrons. The van der Waals surface area contributed by atoms with Crippen molar-refractivity contribution in [3.63, 3.8) is 0 Å². The Morgan fingerprint density at radius 1 is 1.15 bits per heavy atom. The molecule has 27 heavy (non-hydrogen) atoms. The predicted octanol–water partition coefficient (Wildman–Crippen LogP) is 4.31. The molecule has 148 valence electrons. The van der Waals surface area contributed by atoms with Crippen molar-refractivity contribution in [1.82, 2.24) is 15.2 Å². The van der Waals surface area contributed by atoms with Gasteiger partial charge in [0.2, 0.25) is 5.91 Å². The lowest BCUT2D eigenvalue weighted by Gasteiger charge is -2.20. The Bertz CT molecular complexity index is 739. The van der Waals surface area contributed by atoms with Gasteiger partial charge in [-0.15, -0.1) is 36.2 Å². The second-order valence-electron chi connectivity index (χ2n) is 6.96. The third-order valence-corrected chi connectivity index (χ3v) is 6.54. The van der Waals surface area contributed by atoms with Crippen molar-refractivity contribution in [2.45, 2.75) is 19.3 Å². The van der Waals surface area contributed by atoms with Crippen LogP contribution in [0.15, 0.2) is 29.6 Å². The van der Waals surface area contributed by atoms with Crippen molar-refractivity contribution in [2.75, 3.05) is 26.2 Å². The molecule has 2 aliphatic heterocycles. The largest absolute Gasteiger partial charge is 0.342 e. The molecule has 2 saturated heterocycles. The molecule has 2 aliphatic rings. The van der Waals surface area contributed by atoms with Crippen LogP contribution >= 0.6 is 47.8 Å². The molecule has 0 unspecified atom stereocenters. The highest BCUT2D eigenvalue weighted by molar-refractivity contribution is 7.13. The van der Waals surface area contributed by atoms with E-state index in [1.165, 1.54) is 0 Å². The summed E-state index contributed by atoms with van der Waals surface area (Å²) in [5.41, 5.74) is 1.91. The number of nitrogens with one attached hydrogen (secondary N) is 1. The van der Waals surface area contributed by atoms with E-state index in [0.717, 1.165) is 72.1 Å². The maximum atomic E-state index is 12.7. The highest BCUT2D eigenvalue weighted by Gasteiger charge is 2.31. The van der Waals surface area contributed by atoms with Crippen LogP contribution in [-0.4, -0.2) is 42.0 Å². The fourth-order valence-corrected chi connectivity index (χ4v) is 4.80. The van der Waals surface area contributed by atoms with E-state index in [9.17, 15) is 4.79 Å². The topological polar surface area (TPSA) is 45.2 Å². The number of halogens is 3. The summed E-state index contributed by atoms with van der Waals surface area (Å²) in [4.78, 5) is 19.4. The first-order valence-electron chi connectivity index (χ1n) is 8.88. The summed E-state index contributed by atoms with van der Waals surface area (Å²) in [5, 5.41) is 7.14. The van der Waals surface area contributed by atoms with Crippen molar-refractivity contribution in [2.24, 2.45) is 11.8 Å². The van der Waals surface area contributed by atoms with E-state index in [1.807, 2.05) is 34.5 Å². The van der Waals surface area contributed by atoms with Crippen LogP contribution in [0.3, 0.4) is 0 Å². The molecule has 8 heteroatoms. The highest BCUT2D eigenvalue weighted by atomic mass is 35.5. The number of rotatable bonds is 3. The van der Waals surface area contributed by atoms with E-state index < -0.39 is 0 Å². The minimum atomic E-state index is 0. The number of hydrogen-bond donors (Lipinski definition) is 1. The van der Waals surface area contributed by atoms with Crippen molar-refractivity contribution in [1.29, 1.82) is 0 Å². The zero-order valence-corrected chi connectivity index (χ0v) is 18.1. The van der Waals surface area contributed by atoms with Gasteiger partial charge in [-0.3, -0.25) is 4.79 Å². The Morgan fingerprint density at radius 3 is 2.41 bits per heavy atom. The number of aromatic nitrogens is 1. The molecule has 2 aromatic rings. The number of fused-ring (bicyclic) bond motifs is 1. The Hall–Kier alpha value is -0.850. The molecule has 0 saturated carbocycles. The van der Waals surface area contributed by atoms with Gasteiger partial charge in [-0.2, -0.15) is 0 Å². The summed E-state index contributed by atoms with van der Waals surface area (Å²) in [6, 6.07) is 7.67. The van der Waals surface area contributed by atoms with Gasteiger partial charge in [0.15, 0.2) is 0 Å². The Kier molecular flexibility index (Phi) is 8.38. The van der Waals surface area contributed by atoms with E-state index in [-0.39, 0.29) is 30.7 Å². The van der Waals surface area contributed by atoms with Gasteiger partial charge >= 0.3 is 0 Å². The van der Waals surface area contributed by atoms with Gasteiger partial charge in [-0.05, 0) is 49.9 Å². The number of amides is 1. The van der Waals surface area contributed by atoms with E-state index in [4.69, 9.17) is 11.6 Å². The van der Waals surface area contributed by atoms with Gasteiger partial charge in [0, 0.05) is 29.1 Å². The van der Waals surface area contributed by atoms with Gasteiger partial charge in [0.05, 0.1) is 12.1 Å². The standard InChI is InChI=1S/C19H22ClN3OS.2ClH/c20-16-3-1-13(2-4-16)19-22-17(12-25-19)9-18(24)23-7-5-14-10-21-11-15(14)6-8-23;;/h1-4,12,14-15,21H,5-11H2;2*1H/t14-,15+;;. The highest BCUT2D eigenvalue weighted by Crippen LogP contribution is 2.28. The molecule has 1 amide bonds. The maximum Gasteiger partial charge on any atom is 0.228 e. The van der Waals surface area contributed by atoms with E-state index in [2.05, 4.69) is 10.3 Å². The Balaban J connectivity index is 0.00000131. The van der Waals surface area contributed by atoms with Crippen LogP contribution < -0.4 is 5.32 Å². The summed E-state index contributed by atoms with van der Waals surface area (Å²) in [6.07, 6.45) is 2.64. The number of carbonyl (C=O) groups excluding carboxylic acids is 1. The third-order valence-electron chi connectivity index (χ3n) is 5.35. The van der Waals surface area contributed by atoms with Crippen LogP contribution in [0.5, 0.6) is 0 Å². The Morgan fingerprint density at radius 2 is 1.78 bits per heavy atom. The Labute approximate surface area is 181 Å².